The number of aromatic nitrogens is 2. The van der Waals surface area contributed by atoms with Gasteiger partial charge in [0.1, 0.15) is 4.60 Å². The average Bonchev–Trinajstić information content (AvgIpc) is 1.56. The molecule has 5 aliphatic rings. The highest BCUT2D eigenvalue weighted by Gasteiger charge is 2.64. The molecule has 12 heteroatoms. The van der Waals surface area contributed by atoms with Crippen LogP contribution in [0.25, 0.3) is 110 Å². The van der Waals surface area contributed by atoms with Crippen molar-refractivity contribution in [1.29, 1.82) is 0 Å². The lowest BCUT2D eigenvalue weighted by Crippen LogP contribution is -2.41. The van der Waals surface area contributed by atoms with Gasteiger partial charge in [0, 0.05) is 23.5 Å². The molecule has 0 atom stereocenters. The molecule has 2 aromatic heterocycles. The molecule has 5 heterocycles. The zero-order valence-electron chi connectivity index (χ0n) is 68.8. The Balaban J connectivity index is 0.000000136. The van der Waals surface area contributed by atoms with Crippen molar-refractivity contribution in [3.8, 4) is 66.8 Å². The van der Waals surface area contributed by atoms with Gasteiger partial charge >= 0.3 is 21.1 Å². The fourth-order valence-corrected chi connectivity index (χ4v) is 19.1. The fourth-order valence-electron chi connectivity index (χ4n) is 18.9. The molecule has 0 saturated carbocycles. The maximum absolute atomic E-state index is 6.34. The molecule has 0 amide bonds. The van der Waals surface area contributed by atoms with E-state index < -0.39 is 43.2 Å². The van der Waals surface area contributed by atoms with Gasteiger partial charge in [0.15, 0.2) is 0 Å². The van der Waals surface area contributed by atoms with E-state index in [1.807, 2.05) is 73.8 Å². The summed E-state index contributed by atoms with van der Waals surface area (Å²) in [5.41, 5.74) is 22.5. The lowest BCUT2D eigenvalue weighted by molar-refractivity contribution is 0.00578. The van der Waals surface area contributed by atoms with Crippen LogP contribution in [0.1, 0.15) is 135 Å². The summed E-state index contributed by atoms with van der Waals surface area (Å²) in [7, 11) is -1.46. The molecule has 586 valence electrons. The Morgan fingerprint density at radius 1 is 0.244 bits per heavy atom. The second kappa shape index (κ2) is 30.0. The highest BCUT2D eigenvalue weighted by molar-refractivity contribution is 9.10. The van der Waals surface area contributed by atoms with Gasteiger partial charge in [-0.05, 0) is 267 Å². The molecule has 3 aliphatic heterocycles. The third kappa shape index (κ3) is 12.9. The van der Waals surface area contributed by atoms with Crippen LogP contribution in [0.15, 0.2) is 345 Å². The zero-order valence-corrected chi connectivity index (χ0v) is 70.4. The van der Waals surface area contributed by atoms with Gasteiger partial charge in [-0.25, -0.2) is 4.98 Å². The van der Waals surface area contributed by atoms with Crippen LogP contribution in [0, 0.1) is 0 Å². The van der Waals surface area contributed by atoms with Crippen molar-refractivity contribution in [1.82, 2.24) is 9.97 Å². The third-order valence-corrected chi connectivity index (χ3v) is 27.2. The van der Waals surface area contributed by atoms with Crippen LogP contribution in [0.5, 0.6) is 0 Å². The lowest BCUT2D eigenvalue weighted by Gasteiger charge is -2.34. The molecular formula is C107H96B3BrN2O6. The molecule has 3 fully saturated rings. The minimum atomic E-state index is -0.509. The van der Waals surface area contributed by atoms with Gasteiger partial charge in [-0.2, -0.15) is 0 Å². The summed E-state index contributed by atoms with van der Waals surface area (Å²) >= 11 is 3.53. The lowest BCUT2D eigenvalue weighted by atomic mass is 9.49. The SMILES string of the molecule is Brc1ccc(-c2c3ccccc3c(-c3ccc4c(c3)C(c3ccccc3)(c3ccccc3)c3ccccc3-4)c3ccccc23)cn1.C.CC1(C)OB(B2OC(C)(C)C(C)(C)O2)OC1(C)C.CC1(C)OB(c2ccc(-c3c4ccccc4c(-c4ccc5c(c4)C(c4ccccc4)(c4ccccc4)c4ccccc4-5)c4ccccc34)cn2)OC1(C)C. The quantitative estimate of drug-likeness (QED) is 0.0761. The summed E-state index contributed by atoms with van der Waals surface area (Å²) in [4.78, 5) is 9.54. The first kappa shape index (κ1) is 79.0. The van der Waals surface area contributed by atoms with Crippen molar-refractivity contribution in [3.05, 3.63) is 389 Å². The Labute approximate surface area is 709 Å². The van der Waals surface area contributed by atoms with E-state index in [1.165, 1.54) is 143 Å². The summed E-state index contributed by atoms with van der Waals surface area (Å²) in [5, 5.41) is 9.72. The van der Waals surface area contributed by atoms with Gasteiger partial charge < -0.3 is 27.9 Å². The Hall–Kier alpha value is -11.1. The van der Waals surface area contributed by atoms with Crippen LogP contribution >= 0.6 is 15.9 Å². The average molecular weight is 1620 g/mol. The van der Waals surface area contributed by atoms with Crippen LogP contribution in [0.2, 0.25) is 0 Å². The molecule has 2 aliphatic carbocycles. The minimum Gasteiger partial charge on any atom is -0.405 e. The van der Waals surface area contributed by atoms with E-state index in [0.717, 1.165) is 21.3 Å². The van der Waals surface area contributed by atoms with E-state index in [2.05, 4.69) is 370 Å². The normalized spacial score (nSPS) is 17.3. The second-order valence-corrected chi connectivity index (χ2v) is 35.7. The zero-order chi connectivity index (χ0) is 81.3. The Kier molecular flexibility index (Phi) is 19.9. The number of pyridine rings is 2. The summed E-state index contributed by atoms with van der Waals surface area (Å²) in [6, 6.07) is 120. The van der Waals surface area contributed by atoms with Gasteiger partial charge in [0.05, 0.1) is 50.0 Å². The van der Waals surface area contributed by atoms with Crippen LogP contribution in [-0.2, 0) is 38.8 Å². The molecule has 0 unspecified atom stereocenters. The van der Waals surface area contributed by atoms with Crippen molar-refractivity contribution in [2.75, 3.05) is 0 Å². The first-order valence-electron chi connectivity index (χ1n) is 41.1. The molecule has 0 spiro atoms. The topological polar surface area (TPSA) is 81.2 Å². The molecule has 119 heavy (non-hydrogen) atoms. The van der Waals surface area contributed by atoms with Crippen molar-refractivity contribution >= 4 is 85.7 Å². The van der Waals surface area contributed by atoms with Crippen molar-refractivity contribution in [3.63, 3.8) is 0 Å². The van der Waals surface area contributed by atoms with Gasteiger partial charge in [0.25, 0.3) is 0 Å². The van der Waals surface area contributed by atoms with Crippen LogP contribution < -0.4 is 5.59 Å². The molecule has 0 radical (unpaired) electrons. The van der Waals surface area contributed by atoms with Gasteiger partial charge in [-0.3, -0.25) is 4.98 Å². The summed E-state index contributed by atoms with van der Waals surface area (Å²) in [5.74, 6) is 0. The van der Waals surface area contributed by atoms with E-state index >= 15 is 0 Å². The van der Waals surface area contributed by atoms with E-state index in [9.17, 15) is 0 Å². The summed E-state index contributed by atoms with van der Waals surface area (Å²) in [6.45, 7) is 24.5. The van der Waals surface area contributed by atoms with Gasteiger partial charge in [-0.15, -0.1) is 0 Å². The Morgan fingerprint density at radius 3 is 0.790 bits per heavy atom. The van der Waals surface area contributed by atoms with Crippen molar-refractivity contribution in [2.45, 2.75) is 135 Å². The predicted molar refractivity (Wildman–Crippen MR) is 497 cm³/mol. The predicted octanol–water partition coefficient (Wildman–Crippen LogP) is 26.1. The summed E-state index contributed by atoms with van der Waals surface area (Å²) < 4.78 is 37.4. The molecule has 8 nitrogen and oxygen atoms in total. The number of fused-ring (bicyclic) bond motifs is 10. The van der Waals surface area contributed by atoms with E-state index in [-0.39, 0.29) is 29.8 Å². The number of benzene rings is 14. The molecule has 0 bridgehead atoms. The first-order valence-corrected chi connectivity index (χ1v) is 41.9. The number of nitrogens with zero attached hydrogens (tertiary/aromatic N) is 2. The second-order valence-electron chi connectivity index (χ2n) is 34.9. The van der Waals surface area contributed by atoms with Crippen LogP contribution in [0.4, 0.5) is 0 Å². The van der Waals surface area contributed by atoms with Gasteiger partial charge in [0.2, 0.25) is 0 Å². The molecular weight excluding hydrogens is 1520 g/mol. The van der Waals surface area contributed by atoms with Crippen LogP contribution in [0.3, 0.4) is 0 Å². The smallest absolute Gasteiger partial charge is 0.405 e. The fraction of sp³-hybridized carbons (Fsp3) is 0.196. The molecule has 16 aromatic rings. The van der Waals surface area contributed by atoms with Crippen molar-refractivity contribution < 1.29 is 27.9 Å². The first-order chi connectivity index (χ1) is 56.9. The van der Waals surface area contributed by atoms with Gasteiger partial charge in [-0.1, -0.05) is 311 Å². The van der Waals surface area contributed by atoms with E-state index in [0.29, 0.717) is 0 Å². The van der Waals surface area contributed by atoms with Crippen LogP contribution in [-0.4, -0.2) is 64.7 Å². The highest BCUT2D eigenvalue weighted by atomic mass is 79.9. The number of halogens is 1. The molecule has 3 saturated heterocycles. The number of hydrogen-bond donors (Lipinski definition) is 0. The highest BCUT2D eigenvalue weighted by Crippen LogP contribution is 2.60. The van der Waals surface area contributed by atoms with E-state index in [4.69, 9.17) is 32.9 Å². The maximum Gasteiger partial charge on any atom is 0.514 e. The Morgan fingerprint density at radius 2 is 0.496 bits per heavy atom. The third-order valence-electron chi connectivity index (χ3n) is 26.7. The van der Waals surface area contributed by atoms with E-state index in [1.54, 1.807) is 0 Å². The number of rotatable bonds is 10. The monoisotopic (exact) mass is 1620 g/mol. The molecule has 21 rings (SSSR count). The van der Waals surface area contributed by atoms with Crippen molar-refractivity contribution in [2.24, 2.45) is 0 Å². The summed E-state index contributed by atoms with van der Waals surface area (Å²) in [6.07, 6.45) is 3.95. The molecule has 0 N–H and O–H groups in total. The Bertz CT molecular complexity index is 6280. The largest absolute Gasteiger partial charge is 0.514 e. The maximum atomic E-state index is 6.34. The molecule has 14 aromatic carbocycles. The number of hydrogen-bond acceptors (Lipinski definition) is 8. The standard InChI is InChI=1S/C50H40BNO2.C44H28BrN.C12H24B2O4.CH4/c1-48(2)49(3,4)54-51(53-48)45-30-28-34(32-52-45)47-41-24-13-11-22-39(41)46(40-23-12-14-25-42(40)47)33-27-29-38-37-21-15-16-26-43(37)50(44(38)31-33,35-17-7-5-8-18-35)36-19-9-6-10-20-36;45-41-26-24-30(28-46-41)43-37-20-9-7-18-35(37)42(36-19-8-10-21-38(36)43)29-23-25-34-33-17-11-12-22-39(33)44(40(34)27-29,31-13-3-1-4-14-31)32-15-5-2-6-16-32;1-9(2)10(3,4)16-13(15-9)14-17-11(5,6)12(7,8)18-14;/h5-32H,1-4H3;1-28H;1-8H3;1H4. The minimum absolute atomic E-state index is 0.